The molecule has 0 spiro atoms. The molecule has 0 saturated carbocycles. The van der Waals surface area contributed by atoms with E-state index < -0.39 is 5.56 Å². The maximum atomic E-state index is 12.4. The number of amides is 1. The Morgan fingerprint density at radius 3 is 2.42 bits per heavy atom. The Labute approximate surface area is 180 Å². The molecule has 2 aromatic carbocycles. The first kappa shape index (κ1) is 21.7. The van der Waals surface area contributed by atoms with Gasteiger partial charge >= 0.3 is 0 Å². The van der Waals surface area contributed by atoms with E-state index in [1.165, 1.54) is 0 Å². The highest BCUT2D eigenvalue weighted by molar-refractivity contribution is 5.90. The van der Waals surface area contributed by atoms with Crippen LogP contribution in [0.1, 0.15) is 28.8 Å². The number of nitrogens with one attached hydrogen (secondary N) is 2. The van der Waals surface area contributed by atoms with Crippen molar-refractivity contribution in [2.24, 2.45) is 0 Å². The van der Waals surface area contributed by atoms with Crippen LogP contribution in [-0.4, -0.2) is 18.0 Å². The largest absolute Gasteiger partial charge is 0.493 e. The number of H-pyrrole nitrogens is 1. The Balaban J connectivity index is 1.62. The molecule has 0 atom stereocenters. The summed E-state index contributed by atoms with van der Waals surface area (Å²) in [6.07, 6.45) is 0.641. The summed E-state index contributed by atoms with van der Waals surface area (Å²) in [5, 5.41) is 12.0. The number of aromatic amines is 1. The van der Waals surface area contributed by atoms with E-state index in [0.29, 0.717) is 40.6 Å². The summed E-state index contributed by atoms with van der Waals surface area (Å²) >= 11 is 0. The molecule has 0 aliphatic carbocycles. The molecule has 0 aliphatic rings. The lowest BCUT2D eigenvalue weighted by molar-refractivity contribution is -0.116. The second-order valence-electron chi connectivity index (χ2n) is 6.99. The van der Waals surface area contributed by atoms with Gasteiger partial charge in [0.2, 0.25) is 5.91 Å². The molecule has 0 radical (unpaired) electrons. The number of anilines is 1. The van der Waals surface area contributed by atoms with Gasteiger partial charge in [-0.05, 0) is 67.8 Å². The predicted octanol–water partition coefficient (Wildman–Crippen LogP) is 4.24. The number of benzene rings is 2. The first-order chi connectivity index (χ1) is 14.9. The number of para-hydroxylation sites is 2. The minimum atomic E-state index is -0.402. The Bertz CT molecular complexity index is 1190. The van der Waals surface area contributed by atoms with E-state index in [0.717, 1.165) is 5.56 Å². The van der Waals surface area contributed by atoms with E-state index in [-0.39, 0.29) is 17.9 Å². The molecule has 0 unspecified atom stereocenters. The van der Waals surface area contributed by atoms with Crippen LogP contribution in [0.3, 0.4) is 0 Å². The molecule has 0 fully saturated rings. The Hall–Kier alpha value is -4.05. The first-order valence-electron chi connectivity index (χ1n) is 9.76. The molecule has 1 aromatic heterocycles. The van der Waals surface area contributed by atoms with Crippen LogP contribution < -0.4 is 20.3 Å². The van der Waals surface area contributed by atoms with Crippen molar-refractivity contribution in [3.05, 3.63) is 81.3 Å². The van der Waals surface area contributed by atoms with E-state index in [4.69, 9.17) is 14.7 Å². The van der Waals surface area contributed by atoms with Crippen molar-refractivity contribution in [3.8, 4) is 23.3 Å². The van der Waals surface area contributed by atoms with Gasteiger partial charge < -0.3 is 19.8 Å². The minimum absolute atomic E-state index is 0.0895. The van der Waals surface area contributed by atoms with Crippen LogP contribution in [-0.2, 0) is 11.2 Å². The Morgan fingerprint density at radius 1 is 1.10 bits per heavy atom. The van der Waals surface area contributed by atoms with E-state index in [1.54, 1.807) is 45.2 Å². The summed E-state index contributed by atoms with van der Waals surface area (Å²) in [5.41, 5.74) is 2.44. The standard InChI is InChI=1S/C24H23N3O4/c1-15-19(16(2)26-24(29)20(15)14-25)12-13-23(28)27-17-8-10-18(11-9-17)31-22-7-5-4-6-21(22)30-3/h4-11H,12-13H2,1-3H3,(H,26,29)(H,27,28). The van der Waals surface area contributed by atoms with Crippen molar-refractivity contribution < 1.29 is 14.3 Å². The number of carbonyl (C=O) groups is 1. The topological polar surface area (TPSA) is 104 Å². The summed E-state index contributed by atoms with van der Waals surface area (Å²) in [6, 6.07) is 16.3. The van der Waals surface area contributed by atoms with Crippen molar-refractivity contribution in [2.75, 3.05) is 12.4 Å². The lowest BCUT2D eigenvalue weighted by Gasteiger charge is -2.12. The summed E-state index contributed by atoms with van der Waals surface area (Å²) in [5.74, 6) is 1.69. The number of nitrogens with zero attached hydrogens (tertiary/aromatic N) is 1. The molecule has 0 saturated heterocycles. The van der Waals surface area contributed by atoms with Gasteiger partial charge in [-0.25, -0.2) is 0 Å². The van der Waals surface area contributed by atoms with E-state index in [1.807, 2.05) is 30.3 Å². The fourth-order valence-electron chi connectivity index (χ4n) is 3.32. The second kappa shape index (κ2) is 9.63. The zero-order valence-electron chi connectivity index (χ0n) is 17.6. The Kier molecular flexibility index (Phi) is 6.73. The molecule has 158 valence electrons. The van der Waals surface area contributed by atoms with Crippen LogP contribution in [0, 0.1) is 25.2 Å². The van der Waals surface area contributed by atoms with Gasteiger partial charge in [-0.1, -0.05) is 12.1 Å². The SMILES string of the molecule is COc1ccccc1Oc1ccc(NC(=O)CCc2c(C)[nH]c(=O)c(C#N)c2C)cc1. The molecule has 1 heterocycles. The van der Waals surface area contributed by atoms with Gasteiger partial charge in [-0.15, -0.1) is 0 Å². The number of hydrogen-bond acceptors (Lipinski definition) is 5. The van der Waals surface area contributed by atoms with Crippen LogP contribution in [0.4, 0.5) is 5.69 Å². The molecule has 3 aromatic rings. The molecule has 0 bridgehead atoms. The van der Waals surface area contributed by atoms with E-state index in [9.17, 15) is 9.59 Å². The molecule has 0 aliphatic heterocycles. The molecule has 1 amide bonds. The summed E-state index contributed by atoms with van der Waals surface area (Å²) < 4.78 is 11.1. The zero-order chi connectivity index (χ0) is 22.4. The summed E-state index contributed by atoms with van der Waals surface area (Å²) in [4.78, 5) is 26.9. The van der Waals surface area contributed by atoms with Gasteiger partial charge in [-0.2, -0.15) is 5.26 Å². The number of aromatic nitrogens is 1. The van der Waals surface area contributed by atoms with Crippen molar-refractivity contribution in [1.82, 2.24) is 4.98 Å². The number of aryl methyl sites for hydroxylation is 1. The first-order valence-corrected chi connectivity index (χ1v) is 9.76. The van der Waals surface area contributed by atoms with Crippen molar-refractivity contribution in [1.29, 1.82) is 5.26 Å². The number of rotatable bonds is 7. The van der Waals surface area contributed by atoms with Crippen LogP contribution in [0.15, 0.2) is 53.3 Å². The van der Waals surface area contributed by atoms with Gasteiger partial charge in [0.15, 0.2) is 11.5 Å². The van der Waals surface area contributed by atoms with E-state index >= 15 is 0 Å². The predicted molar refractivity (Wildman–Crippen MR) is 118 cm³/mol. The summed E-state index contributed by atoms with van der Waals surface area (Å²) in [7, 11) is 1.58. The lowest BCUT2D eigenvalue weighted by Crippen LogP contribution is -2.18. The van der Waals surface area contributed by atoms with Gasteiger partial charge in [-0.3, -0.25) is 9.59 Å². The second-order valence-corrected chi connectivity index (χ2v) is 6.99. The number of hydrogen-bond donors (Lipinski definition) is 2. The van der Waals surface area contributed by atoms with Gasteiger partial charge in [0.1, 0.15) is 17.4 Å². The normalized spacial score (nSPS) is 10.3. The van der Waals surface area contributed by atoms with Gasteiger partial charge in [0, 0.05) is 17.8 Å². The maximum Gasteiger partial charge on any atom is 0.266 e. The highest BCUT2D eigenvalue weighted by Gasteiger charge is 2.13. The molecule has 7 heteroatoms. The minimum Gasteiger partial charge on any atom is -0.493 e. The smallest absolute Gasteiger partial charge is 0.266 e. The zero-order valence-corrected chi connectivity index (χ0v) is 17.6. The van der Waals surface area contributed by atoms with E-state index in [2.05, 4.69) is 10.3 Å². The number of nitriles is 1. The van der Waals surface area contributed by atoms with Crippen LogP contribution in [0.2, 0.25) is 0 Å². The quantitative estimate of drug-likeness (QED) is 0.598. The van der Waals surface area contributed by atoms with Crippen LogP contribution in [0.25, 0.3) is 0 Å². The van der Waals surface area contributed by atoms with Crippen LogP contribution in [0.5, 0.6) is 17.2 Å². The van der Waals surface area contributed by atoms with Crippen LogP contribution >= 0.6 is 0 Å². The third-order valence-electron chi connectivity index (χ3n) is 4.96. The fraction of sp³-hybridized carbons (Fsp3) is 0.208. The highest BCUT2D eigenvalue weighted by Crippen LogP contribution is 2.31. The fourth-order valence-corrected chi connectivity index (χ4v) is 3.32. The maximum absolute atomic E-state index is 12.4. The molecular weight excluding hydrogens is 394 g/mol. The monoisotopic (exact) mass is 417 g/mol. The third kappa shape index (κ3) is 5.11. The third-order valence-corrected chi connectivity index (χ3v) is 4.96. The average molecular weight is 417 g/mol. The lowest BCUT2D eigenvalue weighted by atomic mass is 9.99. The molecule has 3 rings (SSSR count). The number of pyridine rings is 1. The van der Waals surface area contributed by atoms with Crippen molar-refractivity contribution >= 4 is 11.6 Å². The molecular formula is C24H23N3O4. The van der Waals surface area contributed by atoms with Gasteiger partial charge in [0.25, 0.3) is 5.56 Å². The van der Waals surface area contributed by atoms with Crippen molar-refractivity contribution in [2.45, 2.75) is 26.7 Å². The summed E-state index contributed by atoms with van der Waals surface area (Å²) in [6.45, 7) is 3.50. The van der Waals surface area contributed by atoms with Gasteiger partial charge in [0.05, 0.1) is 7.11 Å². The van der Waals surface area contributed by atoms with Crippen molar-refractivity contribution in [3.63, 3.8) is 0 Å². The molecule has 2 N–H and O–H groups in total. The molecule has 31 heavy (non-hydrogen) atoms. The average Bonchev–Trinajstić information content (AvgIpc) is 2.75. The highest BCUT2D eigenvalue weighted by atomic mass is 16.5. The number of ether oxygens (including phenoxy) is 2. The number of carbonyl (C=O) groups excluding carboxylic acids is 1. The number of methoxy groups -OCH3 is 1. The molecule has 7 nitrogen and oxygen atoms in total. The Morgan fingerprint density at radius 2 is 1.77 bits per heavy atom.